The molecule has 1 aliphatic rings. The number of thiocarbonyl (C=S) groups is 1. The van der Waals surface area contributed by atoms with Crippen LogP contribution in [0.25, 0.3) is 6.08 Å². The van der Waals surface area contributed by atoms with Crippen molar-refractivity contribution in [3.8, 4) is 0 Å². The van der Waals surface area contributed by atoms with Crippen molar-refractivity contribution in [2.75, 3.05) is 0 Å². The number of carboxylic acids is 1. The predicted molar refractivity (Wildman–Crippen MR) is 94.5 cm³/mol. The van der Waals surface area contributed by atoms with Gasteiger partial charge in [0.15, 0.2) is 0 Å². The van der Waals surface area contributed by atoms with Crippen molar-refractivity contribution in [2.24, 2.45) is 0 Å². The molecule has 122 valence electrons. The Balaban J connectivity index is 2.25. The number of carbonyl (C=O) groups excluding carboxylic acids is 2. The second kappa shape index (κ2) is 7.75. The van der Waals surface area contributed by atoms with Crippen molar-refractivity contribution in [1.29, 1.82) is 0 Å². The molecule has 1 saturated heterocycles. The Morgan fingerprint density at radius 3 is 2.52 bits per heavy atom. The molecule has 0 unspecified atom stereocenters. The van der Waals surface area contributed by atoms with Gasteiger partial charge in [-0.1, -0.05) is 68.5 Å². The van der Waals surface area contributed by atoms with Crippen LogP contribution in [0.5, 0.6) is 0 Å². The zero-order chi connectivity index (χ0) is 17.0. The molecule has 0 bridgehead atoms. The highest BCUT2D eigenvalue weighted by atomic mass is 32.2. The summed E-state index contributed by atoms with van der Waals surface area (Å²) < 4.78 is 0.272. The smallest absolute Gasteiger partial charge is 0.266 e. The summed E-state index contributed by atoms with van der Waals surface area (Å²) in [7, 11) is 0. The highest BCUT2D eigenvalue weighted by molar-refractivity contribution is 8.26. The normalized spacial score (nSPS) is 17.8. The van der Waals surface area contributed by atoms with E-state index in [1.807, 2.05) is 31.2 Å². The average Bonchev–Trinajstić information content (AvgIpc) is 2.80. The topological polar surface area (TPSA) is 60.4 Å². The Hall–Kier alpha value is -1.66. The summed E-state index contributed by atoms with van der Waals surface area (Å²) in [5.41, 5.74) is 2.11. The molecular formula is C17H18NO3S2-. The molecule has 6 heteroatoms. The van der Waals surface area contributed by atoms with Gasteiger partial charge in [0.1, 0.15) is 4.32 Å². The number of amides is 1. The van der Waals surface area contributed by atoms with E-state index < -0.39 is 12.0 Å². The predicted octanol–water partition coefficient (Wildman–Crippen LogP) is 2.37. The lowest BCUT2D eigenvalue weighted by atomic mass is 10.1. The number of nitrogens with zero attached hydrogens (tertiary/aromatic N) is 1. The Morgan fingerprint density at radius 2 is 2.00 bits per heavy atom. The van der Waals surface area contributed by atoms with E-state index in [1.165, 1.54) is 10.5 Å². The number of aliphatic carboxylic acids is 1. The molecule has 23 heavy (non-hydrogen) atoms. The van der Waals surface area contributed by atoms with E-state index in [-0.39, 0.29) is 10.2 Å². The molecule has 1 heterocycles. The maximum Gasteiger partial charge on any atom is 0.266 e. The van der Waals surface area contributed by atoms with Gasteiger partial charge in [0.05, 0.1) is 16.9 Å². The van der Waals surface area contributed by atoms with E-state index in [2.05, 4.69) is 6.92 Å². The van der Waals surface area contributed by atoms with E-state index in [0.717, 1.165) is 23.7 Å². The van der Waals surface area contributed by atoms with Crippen molar-refractivity contribution in [3.05, 3.63) is 40.3 Å². The molecule has 0 spiro atoms. The number of rotatable bonds is 6. The molecule has 1 atom stereocenters. The zero-order valence-electron chi connectivity index (χ0n) is 13.1. The summed E-state index contributed by atoms with van der Waals surface area (Å²) in [4.78, 5) is 25.4. The molecule has 0 saturated carbocycles. The van der Waals surface area contributed by atoms with E-state index in [9.17, 15) is 14.7 Å². The van der Waals surface area contributed by atoms with Gasteiger partial charge in [-0.3, -0.25) is 9.69 Å². The van der Waals surface area contributed by atoms with Gasteiger partial charge < -0.3 is 9.90 Å². The van der Waals surface area contributed by atoms with Crippen LogP contribution in [-0.2, 0) is 16.0 Å². The fraction of sp³-hybridized carbons (Fsp3) is 0.353. The zero-order valence-corrected chi connectivity index (χ0v) is 14.7. The van der Waals surface area contributed by atoms with Crippen LogP contribution >= 0.6 is 24.0 Å². The van der Waals surface area contributed by atoms with Gasteiger partial charge in [-0.05, 0) is 30.0 Å². The van der Waals surface area contributed by atoms with E-state index in [1.54, 1.807) is 6.08 Å². The van der Waals surface area contributed by atoms with Gasteiger partial charge in [0.25, 0.3) is 5.91 Å². The summed E-state index contributed by atoms with van der Waals surface area (Å²) in [5.74, 6) is -1.63. The Morgan fingerprint density at radius 1 is 1.35 bits per heavy atom. The summed E-state index contributed by atoms with van der Waals surface area (Å²) >= 11 is 6.33. The van der Waals surface area contributed by atoms with Crippen molar-refractivity contribution in [1.82, 2.24) is 4.90 Å². The maximum atomic E-state index is 12.5. The van der Waals surface area contributed by atoms with Crippen LogP contribution in [0, 0.1) is 0 Å². The number of aryl methyl sites for hydroxylation is 1. The molecule has 1 aliphatic heterocycles. The van der Waals surface area contributed by atoms with Gasteiger partial charge in [-0.15, -0.1) is 0 Å². The van der Waals surface area contributed by atoms with Crippen LogP contribution in [-0.4, -0.2) is 27.1 Å². The van der Waals surface area contributed by atoms with Crippen LogP contribution in [0.1, 0.15) is 37.8 Å². The van der Waals surface area contributed by atoms with Crippen molar-refractivity contribution in [3.63, 3.8) is 0 Å². The first kappa shape index (κ1) is 17.7. The molecule has 0 aromatic heterocycles. The first-order valence-corrected chi connectivity index (χ1v) is 8.77. The fourth-order valence-electron chi connectivity index (χ4n) is 2.38. The molecule has 1 fully saturated rings. The molecule has 1 aromatic rings. The SMILES string of the molecule is CCC[C@H](C(=O)[O-])N1C(=O)/C(=C/c2ccc(CC)cc2)SC1=S. The van der Waals surface area contributed by atoms with Gasteiger partial charge in [0, 0.05) is 0 Å². The summed E-state index contributed by atoms with van der Waals surface area (Å²) in [6, 6.07) is 6.89. The van der Waals surface area contributed by atoms with Crippen molar-refractivity contribution in [2.45, 2.75) is 39.2 Å². The first-order valence-electron chi connectivity index (χ1n) is 7.54. The van der Waals surface area contributed by atoms with Crippen molar-refractivity contribution < 1.29 is 14.7 Å². The first-order chi connectivity index (χ1) is 11.0. The molecule has 0 radical (unpaired) electrons. The molecule has 2 rings (SSSR count). The Bertz CT molecular complexity index is 652. The maximum absolute atomic E-state index is 12.5. The van der Waals surface area contributed by atoms with E-state index in [0.29, 0.717) is 17.7 Å². The minimum atomic E-state index is -1.27. The van der Waals surface area contributed by atoms with Gasteiger partial charge in [0.2, 0.25) is 0 Å². The second-order valence-electron chi connectivity index (χ2n) is 5.27. The van der Waals surface area contributed by atoms with Crippen LogP contribution in [0.2, 0.25) is 0 Å². The monoisotopic (exact) mass is 348 g/mol. The third kappa shape index (κ3) is 4.00. The quantitative estimate of drug-likeness (QED) is 0.583. The third-order valence-corrected chi connectivity index (χ3v) is 4.99. The highest BCUT2D eigenvalue weighted by Gasteiger charge is 2.37. The number of benzene rings is 1. The number of thioether (sulfide) groups is 1. The number of hydrogen-bond acceptors (Lipinski definition) is 5. The van der Waals surface area contributed by atoms with Gasteiger partial charge in [-0.25, -0.2) is 0 Å². The fourth-order valence-corrected chi connectivity index (χ4v) is 3.73. The standard InChI is InChI=1S/C17H19NO3S2/c1-3-5-13(16(20)21)18-15(19)14(23-17(18)22)10-12-8-6-11(4-2)7-9-12/h6-10,13H,3-5H2,1-2H3,(H,20,21)/p-1/b14-10-/t13-/m1/s1. The van der Waals surface area contributed by atoms with Crippen LogP contribution < -0.4 is 5.11 Å². The number of hydrogen-bond donors (Lipinski definition) is 0. The van der Waals surface area contributed by atoms with Crippen molar-refractivity contribution >= 4 is 46.3 Å². The number of carboxylic acid groups (broad SMARTS) is 1. The largest absolute Gasteiger partial charge is 0.548 e. The average molecular weight is 348 g/mol. The van der Waals surface area contributed by atoms with Gasteiger partial charge >= 0.3 is 0 Å². The molecular weight excluding hydrogens is 330 g/mol. The molecule has 1 amide bonds. The van der Waals surface area contributed by atoms with Crippen LogP contribution in [0.15, 0.2) is 29.2 Å². The van der Waals surface area contributed by atoms with Crippen LogP contribution in [0.3, 0.4) is 0 Å². The van der Waals surface area contributed by atoms with E-state index in [4.69, 9.17) is 12.2 Å². The molecule has 0 N–H and O–H groups in total. The van der Waals surface area contributed by atoms with Gasteiger partial charge in [-0.2, -0.15) is 0 Å². The summed E-state index contributed by atoms with van der Waals surface area (Å²) in [6.45, 7) is 3.94. The second-order valence-corrected chi connectivity index (χ2v) is 6.95. The summed E-state index contributed by atoms with van der Waals surface area (Å²) in [6.07, 6.45) is 3.66. The Kier molecular flexibility index (Phi) is 5.96. The molecule has 4 nitrogen and oxygen atoms in total. The van der Waals surface area contributed by atoms with E-state index >= 15 is 0 Å². The molecule has 0 aliphatic carbocycles. The highest BCUT2D eigenvalue weighted by Crippen LogP contribution is 2.34. The minimum absolute atomic E-state index is 0.272. The molecule has 1 aromatic carbocycles. The number of carbonyl (C=O) groups is 2. The minimum Gasteiger partial charge on any atom is -0.548 e. The Labute approximate surface area is 145 Å². The lowest BCUT2D eigenvalue weighted by molar-refractivity contribution is -0.310. The lowest BCUT2D eigenvalue weighted by Gasteiger charge is -2.27. The lowest BCUT2D eigenvalue weighted by Crippen LogP contribution is -2.49. The summed E-state index contributed by atoms with van der Waals surface area (Å²) in [5, 5.41) is 11.3. The third-order valence-electron chi connectivity index (χ3n) is 3.66. The van der Waals surface area contributed by atoms with Crippen LogP contribution in [0.4, 0.5) is 0 Å².